The van der Waals surface area contributed by atoms with Gasteiger partial charge < -0.3 is 11.1 Å². The smallest absolute Gasteiger partial charge is 0.252 e. The first kappa shape index (κ1) is 14.5. The molecule has 19 heavy (non-hydrogen) atoms. The fraction of sp³-hybridized carbons (Fsp3) is 0.533. The first-order valence-electron chi connectivity index (χ1n) is 6.98. The first-order chi connectivity index (χ1) is 9.22. The first-order valence-corrected chi connectivity index (χ1v) is 7.77. The van der Waals surface area contributed by atoms with Gasteiger partial charge in [-0.2, -0.15) is 0 Å². The fourth-order valence-electron chi connectivity index (χ4n) is 2.80. The third-order valence-electron chi connectivity index (χ3n) is 3.91. The van der Waals surface area contributed by atoms with Gasteiger partial charge in [0.15, 0.2) is 0 Å². The van der Waals surface area contributed by atoms with Gasteiger partial charge in [-0.25, -0.2) is 0 Å². The molecule has 0 radical (unpaired) electrons. The summed E-state index contributed by atoms with van der Waals surface area (Å²) in [5.74, 6) is 0.499. The molecule has 0 saturated heterocycles. The molecule has 1 fully saturated rings. The number of benzene rings is 1. The van der Waals surface area contributed by atoms with E-state index in [1.54, 1.807) is 0 Å². The molecule has 2 rings (SSSR count). The number of hydrogen-bond acceptors (Lipinski definition) is 2. The lowest BCUT2D eigenvalue weighted by Gasteiger charge is -2.30. The van der Waals surface area contributed by atoms with E-state index in [-0.39, 0.29) is 11.9 Å². The van der Waals surface area contributed by atoms with Crippen molar-refractivity contribution in [1.29, 1.82) is 0 Å². The second kappa shape index (κ2) is 7.06. The molecule has 104 valence electrons. The molecular weight excluding hydrogens is 304 g/mol. The molecule has 1 aromatic carbocycles. The summed E-state index contributed by atoms with van der Waals surface area (Å²) in [7, 11) is 0. The van der Waals surface area contributed by atoms with E-state index in [1.165, 1.54) is 32.1 Å². The summed E-state index contributed by atoms with van der Waals surface area (Å²) in [6.07, 6.45) is 6.18. The van der Waals surface area contributed by atoms with E-state index in [0.29, 0.717) is 18.0 Å². The van der Waals surface area contributed by atoms with Crippen LogP contribution in [0.5, 0.6) is 0 Å². The number of rotatable bonds is 4. The van der Waals surface area contributed by atoms with Crippen LogP contribution in [0.25, 0.3) is 0 Å². The highest BCUT2D eigenvalue weighted by atomic mass is 79.9. The van der Waals surface area contributed by atoms with Crippen LogP contribution in [-0.2, 0) is 0 Å². The van der Waals surface area contributed by atoms with Gasteiger partial charge in [0, 0.05) is 17.1 Å². The quantitative estimate of drug-likeness (QED) is 0.894. The average molecular weight is 325 g/mol. The second-order valence-electron chi connectivity index (χ2n) is 5.19. The molecular formula is C15H21BrN2O. The van der Waals surface area contributed by atoms with E-state index in [1.807, 2.05) is 24.3 Å². The van der Waals surface area contributed by atoms with E-state index in [9.17, 15) is 4.79 Å². The van der Waals surface area contributed by atoms with Crippen molar-refractivity contribution >= 4 is 21.8 Å². The summed E-state index contributed by atoms with van der Waals surface area (Å²) in [4.78, 5) is 12.3. The largest absolute Gasteiger partial charge is 0.348 e. The molecule has 0 aromatic heterocycles. The van der Waals surface area contributed by atoms with Crippen molar-refractivity contribution in [1.82, 2.24) is 5.32 Å². The van der Waals surface area contributed by atoms with Gasteiger partial charge in [-0.1, -0.05) is 31.4 Å². The Hall–Kier alpha value is -0.870. The zero-order valence-electron chi connectivity index (χ0n) is 11.1. The zero-order chi connectivity index (χ0) is 13.7. The van der Waals surface area contributed by atoms with Crippen LogP contribution >= 0.6 is 15.9 Å². The molecule has 0 spiro atoms. The maximum absolute atomic E-state index is 12.3. The number of hydrogen-bond donors (Lipinski definition) is 2. The molecule has 4 heteroatoms. The number of carbonyl (C=O) groups excluding carboxylic acids is 1. The maximum atomic E-state index is 12.3. The van der Waals surface area contributed by atoms with Crippen molar-refractivity contribution in [2.75, 3.05) is 6.54 Å². The predicted molar refractivity (Wildman–Crippen MR) is 81.0 cm³/mol. The second-order valence-corrected chi connectivity index (χ2v) is 6.05. The SMILES string of the molecule is NCC(NC(=O)c1ccccc1Br)C1CCCCC1. The minimum absolute atomic E-state index is 0.0338. The number of amides is 1. The van der Waals surface area contributed by atoms with Crippen molar-refractivity contribution in [3.63, 3.8) is 0 Å². The highest BCUT2D eigenvalue weighted by Crippen LogP contribution is 2.26. The van der Waals surface area contributed by atoms with Gasteiger partial charge in [0.25, 0.3) is 5.91 Å². The van der Waals surface area contributed by atoms with Crippen LogP contribution in [0.2, 0.25) is 0 Å². The topological polar surface area (TPSA) is 55.1 Å². The normalized spacial score (nSPS) is 18.0. The third-order valence-corrected chi connectivity index (χ3v) is 4.60. The summed E-state index contributed by atoms with van der Waals surface area (Å²) in [6, 6.07) is 7.58. The maximum Gasteiger partial charge on any atom is 0.252 e. The minimum Gasteiger partial charge on any atom is -0.348 e. The zero-order valence-corrected chi connectivity index (χ0v) is 12.7. The lowest BCUT2D eigenvalue weighted by atomic mass is 9.84. The summed E-state index contributed by atoms with van der Waals surface area (Å²) >= 11 is 3.41. The molecule has 1 unspecified atom stereocenters. The molecule has 1 atom stereocenters. The van der Waals surface area contributed by atoms with Gasteiger partial charge in [-0.15, -0.1) is 0 Å². The molecule has 1 aliphatic rings. The van der Waals surface area contributed by atoms with Crippen LogP contribution in [0.4, 0.5) is 0 Å². The molecule has 0 bridgehead atoms. The van der Waals surface area contributed by atoms with Gasteiger partial charge in [-0.05, 0) is 46.8 Å². The van der Waals surface area contributed by atoms with Gasteiger partial charge in [0.05, 0.1) is 5.56 Å². The fourth-order valence-corrected chi connectivity index (χ4v) is 3.26. The Morgan fingerprint density at radius 1 is 1.32 bits per heavy atom. The summed E-state index contributed by atoms with van der Waals surface area (Å²) in [5, 5.41) is 3.10. The summed E-state index contributed by atoms with van der Waals surface area (Å²) in [5.41, 5.74) is 6.52. The van der Waals surface area contributed by atoms with Crippen LogP contribution in [-0.4, -0.2) is 18.5 Å². The predicted octanol–water partition coefficient (Wildman–Crippen LogP) is 3.09. The Bertz CT molecular complexity index is 430. The number of nitrogens with two attached hydrogens (primary N) is 1. The van der Waals surface area contributed by atoms with Crippen molar-refractivity contribution < 1.29 is 4.79 Å². The van der Waals surface area contributed by atoms with Crippen LogP contribution in [0, 0.1) is 5.92 Å². The Morgan fingerprint density at radius 3 is 2.63 bits per heavy atom. The summed E-state index contributed by atoms with van der Waals surface area (Å²) in [6.45, 7) is 0.515. The Kier molecular flexibility index (Phi) is 5.40. The van der Waals surface area contributed by atoms with Gasteiger partial charge in [0.2, 0.25) is 0 Å². The lowest BCUT2D eigenvalue weighted by molar-refractivity contribution is 0.0915. The van der Waals surface area contributed by atoms with E-state index in [2.05, 4.69) is 21.2 Å². The van der Waals surface area contributed by atoms with E-state index >= 15 is 0 Å². The Labute approximate surface area is 123 Å². The molecule has 3 nitrogen and oxygen atoms in total. The molecule has 3 N–H and O–H groups in total. The van der Waals surface area contributed by atoms with Crippen molar-refractivity contribution in [3.8, 4) is 0 Å². The Balaban J connectivity index is 2.01. The van der Waals surface area contributed by atoms with Crippen molar-refractivity contribution in [2.24, 2.45) is 11.7 Å². The van der Waals surface area contributed by atoms with Crippen LogP contribution in [0.3, 0.4) is 0 Å². The van der Waals surface area contributed by atoms with Crippen LogP contribution in [0.1, 0.15) is 42.5 Å². The minimum atomic E-state index is -0.0338. The van der Waals surface area contributed by atoms with Gasteiger partial charge in [0.1, 0.15) is 0 Å². The van der Waals surface area contributed by atoms with E-state index in [0.717, 1.165) is 4.47 Å². The standard InChI is InChI=1S/C15H21BrN2O/c16-13-9-5-4-8-12(13)15(19)18-14(10-17)11-6-2-1-3-7-11/h4-5,8-9,11,14H,1-3,6-7,10,17H2,(H,18,19). The number of nitrogens with one attached hydrogen (secondary N) is 1. The van der Waals surface area contributed by atoms with Gasteiger partial charge in [-0.3, -0.25) is 4.79 Å². The van der Waals surface area contributed by atoms with E-state index in [4.69, 9.17) is 5.73 Å². The number of carbonyl (C=O) groups is 1. The van der Waals surface area contributed by atoms with Gasteiger partial charge >= 0.3 is 0 Å². The Morgan fingerprint density at radius 2 is 2.00 bits per heavy atom. The summed E-state index contributed by atoms with van der Waals surface area (Å²) < 4.78 is 0.826. The molecule has 1 amide bonds. The van der Waals surface area contributed by atoms with Crippen molar-refractivity contribution in [3.05, 3.63) is 34.3 Å². The van der Waals surface area contributed by atoms with Crippen LogP contribution in [0.15, 0.2) is 28.7 Å². The number of halogens is 1. The molecule has 1 saturated carbocycles. The molecule has 1 aliphatic carbocycles. The monoisotopic (exact) mass is 324 g/mol. The molecule has 0 aliphatic heterocycles. The highest BCUT2D eigenvalue weighted by Gasteiger charge is 2.24. The average Bonchev–Trinajstić information content (AvgIpc) is 2.46. The lowest BCUT2D eigenvalue weighted by Crippen LogP contribution is -2.46. The third kappa shape index (κ3) is 3.80. The molecule has 0 heterocycles. The van der Waals surface area contributed by atoms with E-state index < -0.39 is 0 Å². The van der Waals surface area contributed by atoms with Crippen LogP contribution < -0.4 is 11.1 Å². The van der Waals surface area contributed by atoms with Crippen molar-refractivity contribution in [2.45, 2.75) is 38.1 Å². The molecule has 1 aromatic rings. The highest BCUT2D eigenvalue weighted by molar-refractivity contribution is 9.10.